The predicted molar refractivity (Wildman–Crippen MR) is 109 cm³/mol. The Kier molecular flexibility index (Phi) is 7.47. The molecule has 1 heterocycles. The number of halogens is 1. The second-order valence-electron chi connectivity index (χ2n) is 6.76. The average Bonchev–Trinajstić information content (AvgIpc) is 2.60. The van der Waals surface area contributed by atoms with Crippen LogP contribution in [0.3, 0.4) is 0 Å². The van der Waals surface area contributed by atoms with Crippen molar-refractivity contribution in [3.8, 4) is 0 Å². The van der Waals surface area contributed by atoms with Crippen LogP contribution in [0.4, 0.5) is 5.82 Å². The molecule has 0 spiro atoms. The molecule has 4 nitrogen and oxygen atoms in total. The largest absolute Gasteiger partial charge is 0.267 e. The number of pyridine rings is 1. The summed E-state index contributed by atoms with van der Waals surface area (Å²) in [6, 6.07) is 12.2. The minimum Gasteiger partial charge on any atom is -0.267 e. The molecule has 0 aliphatic rings. The van der Waals surface area contributed by atoms with Gasteiger partial charge in [0.05, 0.1) is 5.25 Å². The number of nitrogens with one attached hydrogen (secondary N) is 1. The van der Waals surface area contributed by atoms with E-state index in [4.69, 9.17) is 11.6 Å². The number of nitrogens with zero attached hydrogens (tertiary/aromatic N) is 1. The Balaban J connectivity index is 2.09. The maximum Gasteiger partial charge on any atom is 0.236 e. The lowest BCUT2D eigenvalue weighted by molar-refractivity contribution is 0.592. The first-order valence-corrected chi connectivity index (χ1v) is 11.0. The topological polar surface area (TPSA) is 59.1 Å². The smallest absolute Gasteiger partial charge is 0.236 e. The fourth-order valence-corrected chi connectivity index (χ4v) is 3.37. The van der Waals surface area contributed by atoms with Crippen LogP contribution in [0.1, 0.15) is 50.3 Å². The summed E-state index contributed by atoms with van der Waals surface area (Å²) >= 11 is 5.96. The van der Waals surface area contributed by atoms with Gasteiger partial charge in [0.15, 0.2) is 0 Å². The van der Waals surface area contributed by atoms with E-state index in [1.807, 2.05) is 6.07 Å². The maximum absolute atomic E-state index is 12.2. The van der Waals surface area contributed by atoms with Gasteiger partial charge in [-0.1, -0.05) is 55.3 Å². The minimum atomic E-state index is -3.46. The first kappa shape index (κ1) is 20.7. The summed E-state index contributed by atoms with van der Waals surface area (Å²) < 4.78 is 26.9. The molecule has 0 atom stereocenters. The Bertz CT molecular complexity index is 818. The molecule has 142 valence electrons. The van der Waals surface area contributed by atoms with Crippen molar-refractivity contribution in [2.45, 2.75) is 58.1 Å². The van der Waals surface area contributed by atoms with E-state index < -0.39 is 15.3 Å². The highest BCUT2D eigenvalue weighted by Gasteiger charge is 2.18. The maximum atomic E-state index is 12.2. The summed E-state index contributed by atoms with van der Waals surface area (Å²) in [7, 11) is -3.46. The molecule has 0 bridgehead atoms. The van der Waals surface area contributed by atoms with Gasteiger partial charge in [0.25, 0.3) is 0 Å². The second kappa shape index (κ2) is 9.38. The molecular weight excluding hydrogens is 368 g/mol. The Morgan fingerprint density at radius 2 is 1.62 bits per heavy atom. The Hall–Kier alpha value is -1.59. The average molecular weight is 395 g/mol. The zero-order valence-electron chi connectivity index (χ0n) is 15.6. The molecule has 0 aliphatic carbocycles. The van der Waals surface area contributed by atoms with Crippen molar-refractivity contribution in [1.82, 2.24) is 4.98 Å². The molecule has 0 aliphatic heterocycles. The Morgan fingerprint density at radius 3 is 2.19 bits per heavy atom. The summed E-state index contributed by atoms with van der Waals surface area (Å²) in [6.07, 6.45) is 5.01. The first-order chi connectivity index (χ1) is 12.3. The lowest BCUT2D eigenvalue weighted by Crippen LogP contribution is -2.24. The highest BCUT2D eigenvalue weighted by molar-refractivity contribution is 7.93. The number of sulfonamides is 1. The zero-order valence-corrected chi connectivity index (χ0v) is 17.2. The zero-order chi connectivity index (χ0) is 19.2. The standard InChI is InChI=1S/C20H27ClN2O2S/c1-4-5-6-16-7-9-17(10-8-16)11-12-18-13-14-19(21)22-20(18)23-26(24,25)15(2)3/h7-10,13-15H,4-6,11-12H2,1-3H3,(H,22,23). The van der Waals surface area contributed by atoms with Crippen molar-refractivity contribution in [1.29, 1.82) is 0 Å². The molecule has 0 saturated heterocycles. The second-order valence-corrected chi connectivity index (χ2v) is 9.38. The minimum absolute atomic E-state index is 0.274. The number of anilines is 1. The van der Waals surface area contributed by atoms with Crippen LogP contribution in [0.2, 0.25) is 5.15 Å². The van der Waals surface area contributed by atoms with Crippen molar-refractivity contribution in [2.24, 2.45) is 0 Å². The van der Waals surface area contributed by atoms with E-state index in [1.54, 1.807) is 19.9 Å². The number of benzene rings is 1. The number of aromatic nitrogens is 1. The normalized spacial score (nSPS) is 11.7. The molecule has 6 heteroatoms. The van der Waals surface area contributed by atoms with Crippen molar-refractivity contribution in [3.05, 3.63) is 58.2 Å². The van der Waals surface area contributed by atoms with Gasteiger partial charge in [0.1, 0.15) is 11.0 Å². The van der Waals surface area contributed by atoms with Gasteiger partial charge in [-0.2, -0.15) is 0 Å². The Morgan fingerprint density at radius 1 is 1.00 bits per heavy atom. The van der Waals surface area contributed by atoms with Gasteiger partial charge in [0, 0.05) is 0 Å². The van der Waals surface area contributed by atoms with Gasteiger partial charge >= 0.3 is 0 Å². The van der Waals surface area contributed by atoms with E-state index in [0.29, 0.717) is 12.2 Å². The van der Waals surface area contributed by atoms with Gasteiger partial charge < -0.3 is 0 Å². The fourth-order valence-electron chi connectivity index (χ4n) is 2.54. The molecule has 0 radical (unpaired) electrons. The van der Waals surface area contributed by atoms with Crippen molar-refractivity contribution < 1.29 is 8.42 Å². The molecule has 0 saturated carbocycles. The van der Waals surface area contributed by atoms with Crippen molar-refractivity contribution >= 4 is 27.4 Å². The molecule has 2 rings (SSSR count). The SMILES string of the molecule is CCCCc1ccc(CCc2ccc(Cl)nc2NS(=O)(=O)C(C)C)cc1. The number of unbranched alkanes of at least 4 members (excludes halogenated alkanes) is 1. The van der Waals surface area contributed by atoms with E-state index in [9.17, 15) is 8.42 Å². The lowest BCUT2D eigenvalue weighted by Gasteiger charge is -2.14. The molecule has 0 fully saturated rings. The van der Waals surface area contributed by atoms with Gasteiger partial charge in [-0.05, 0) is 62.3 Å². The quantitative estimate of drug-likeness (QED) is 0.608. The number of rotatable bonds is 9. The van der Waals surface area contributed by atoms with Crippen molar-refractivity contribution in [3.63, 3.8) is 0 Å². The Labute approximate surface area is 162 Å². The summed E-state index contributed by atoms with van der Waals surface area (Å²) in [5.74, 6) is 0.325. The van der Waals surface area contributed by atoms with Crippen molar-refractivity contribution in [2.75, 3.05) is 4.72 Å². The molecule has 2 aromatic rings. The molecule has 26 heavy (non-hydrogen) atoms. The predicted octanol–water partition coefficient (Wildman–Crippen LogP) is 5.01. The van der Waals surface area contributed by atoms with Crippen LogP contribution in [0.5, 0.6) is 0 Å². The third-order valence-corrected chi connectivity index (χ3v) is 6.26. The monoisotopic (exact) mass is 394 g/mol. The molecule has 1 aromatic heterocycles. The number of hydrogen-bond acceptors (Lipinski definition) is 3. The van der Waals surface area contributed by atoms with E-state index in [1.165, 1.54) is 24.0 Å². The summed E-state index contributed by atoms with van der Waals surface area (Å²) in [5, 5.41) is -0.262. The highest BCUT2D eigenvalue weighted by atomic mass is 35.5. The van der Waals surface area contributed by atoms with Gasteiger partial charge in [-0.3, -0.25) is 4.72 Å². The van der Waals surface area contributed by atoms with Crippen LogP contribution in [0.15, 0.2) is 36.4 Å². The summed E-state index contributed by atoms with van der Waals surface area (Å²) in [4.78, 5) is 4.18. The third kappa shape index (κ3) is 5.99. The van der Waals surface area contributed by atoms with Crippen LogP contribution < -0.4 is 4.72 Å². The van der Waals surface area contributed by atoms with Crippen LogP contribution in [-0.2, 0) is 29.3 Å². The molecular formula is C20H27ClN2O2S. The molecule has 1 N–H and O–H groups in total. The molecule has 0 unspecified atom stereocenters. The van der Waals surface area contributed by atoms with E-state index >= 15 is 0 Å². The molecule has 1 aromatic carbocycles. The molecule has 0 amide bonds. The van der Waals surface area contributed by atoms with Crippen LogP contribution in [-0.4, -0.2) is 18.7 Å². The van der Waals surface area contributed by atoms with Crippen LogP contribution >= 0.6 is 11.6 Å². The van der Waals surface area contributed by atoms with Gasteiger partial charge in [0.2, 0.25) is 10.0 Å². The third-order valence-electron chi connectivity index (χ3n) is 4.33. The van der Waals surface area contributed by atoms with E-state index in [0.717, 1.165) is 18.4 Å². The van der Waals surface area contributed by atoms with E-state index in [2.05, 4.69) is 40.9 Å². The highest BCUT2D eigenvalue weighted by Crippen LogP contribution is 2.21. The number of aryl methyl sites for hydroxylation is 3. The fraction of sp³-hybridized carbons (Fsp3) is 0.450. The van der Waals surface area contributed by atoms with E-state index in [-0.39, 0.29) is 5.15 Å². The van der Waals surface area contributed by atoms with Gasteiger partial charge in [-0.15, -0.1) is 0 Å². The number of hydrogen-bond donors (Lipinski definition) is 1. The van der Waals surface area contributed by atoms with Crippen LogP contribution in [0, 0.1) is 0 Å². The summed E-state index contributed by atoms with van der Waals surface area (Å²) in [5.41, 5.74) is 3.42. The van der Waals surface area contributed by atoms with Crippen LogP contribution in [0.25, 0.3) is 0 Å². The lowest BCUT2D eigenvalue weighted by atomic mass is 10.0. The first-order valence-electron chi connectivity index (χ1n) is 9.06. The van der Waals surface area contributed by atoms with Gasteiger partial charge in [-0.25, -0.2) is 13.4 Å². The summed E-state index contributed by atoms with van der Waals surface area (Å²) in [6.45, 7) is 5.46.